The average Bonchev–Trinajstić information content (AvgIpc) is 3.25. The standard InChI is InChI=1S/C20H21ClFN5O/c1-13-24-25-19(27(13)15-5-7-18(28-3)23-11-15)26-9-8-20(2,12-26)16-6-4-14(22)10-17(16)21/h4-7,10-11H,8-9,12H2,1-3H3/t20-/m1/s1. The van der Waals surface area contributed by atoms with Crippen LogP contribution in [0.25, 0.3) is 5.69 Å². The van der Waals surface area contributed by atoms with Gasteiger partial charge in [-0.15, -0.1) is 10.2 Å². The zero-order chi connectivity index (χ0) is 19.9. The maximum Gasteiger partial charge on any atom is 0.231 e. The fraction of sp³-hybridized carbons (Fsp3) is 0.350. The zero-order valence-electron chi connectivity index (χ0n) is 16.0. The highest BCUT2D eigenvalue weighted by molar-refractivity contribution is 6.31. The lowest BCUT2D eigenvalue weighted by molar-refractivity contribution is 0.398. The number of halogens is 2. The molecule has 1 aromatic carbocycles. The van der Waals surface area contributed by atoms with Gasteiger partial charge in [0.25, 0.3) is 0 Å². The molecule has 0 saturated carbocycles. The molecule has 1 aliphatic heterocycles. The Bertz CT molecular complexity index is 1010. The van der Waals surface area contributed by atoms with Crippen LogP contribution in [0.2, 0.25) is 5.02 Å². The Balaban J connectivity index is 1.66. The van der Waals surface area contributed by atoms with Gasteiger partial charge in [-0.25, -0.2) is 9.37 Å². The van der Waals surface area contributed by atoms with E-state index >= 15 is 0 Å². The summed E-state index contributed by atoms with van der Waals surface area (Å²) in [6, 6.07) is 8.36. The van der Waals surface area contributed by atoms with Crippen molar-refractivity contribution in [2.24, 2.45) is 0 Å². The number of aryl methyl sites for hydroxylation is 1. The first-order valence-corrected chi connectivity index (χ1v) is 9.42. The molecule has 8 heteroatoms. The third-order valence-corrected chi connectivity index (χ3v) is 5.65. The van der Waals surface area contributed by atoms with Crippen molar-refractivity contribution < 1.29 is 9.13 Å². The Morgan fingerprint density at radius 1 is 1.21 bits per heavy atom. The molecule has 0 bridgehead atoms. The lowest BCUT2D eigenvalue weighted by atomic mass is 9.82. The molecule has 0 unspecified atom stereocenters. The fourth-order valence-corrected chi connectivity index (χ4v) is 4.21. The number of nitrogens with zero attached hydrogens (tertiary/aromatic N) is 5. The van der Waals surface area contributed by atoms with Crippen molar-refractivity contribution in [3.05, 3.63) is 58.8 Å². The minimum absolute atomic E-state index is 0.201. The molecule has 0 radical (unpaired) electrons. The smallest absolute Gasteiger partial charge is 0.231 e. The topological polar surface area (TPSA) is 56.1 Å². The molecule has 4 rings (SSSR count). The van der Waals surface area contributed by atoms with E-state index in [4.69, 9.17) is 16.3 Å². The maximum atomic E-state index is 13.5. The molecule has 1 atom stereocenters. The molecule has 146 valence electrons. The first-order valence-electron chi connectivity index (χ1n) is 9.04. The molecule has 28 heavy (non-hydrogen) atoms. The Hall–Kier alpha value is -2.67. The van der Waals surface area contributed by atoms with Gasteiger partial charge in [0.15, 0.2) is 0 Å². The van der Waals surface area contributed by atoms with Crippen LogP contribution >= 0.6 is 11.6 Å². The Kier molecular flexibility index (Phi) is 4.71. The van der Waals surface area contributed by atoms with Crippen LogP contribution in [-0.4, -0.2) is 39.9 Å². The summed E-state index contributed by atoms with van der Waals surface area (Å²) >= 11 is 6.34. The van der Waals surface area contributed by atoms with Gasteiger partial charge >= 0.3 is 0 Å². The molecule has 0 amide bonds. The largest absolute Gasteiger partial charge is 0.481 e. The SMILES string of the molecule is COc1ccc(-n2c(C)nnc2N2CC[C@@](C)(c3ccc(F)cc3Cl)C2)cn1. The number of hydrogen-bond donors (Lipinski definition) is 0. The first kappa shape index (κ1) is 18.7. The van der Waals surface area contributed by atoms with Crippen molar-refractivity contribution >= 4 is 17.5 Å². The van der Waals surface area contributed by atoms with E-state index in [0.717, 1.165) is 36.0 Å². The van der Waals surface area contributed by atoms with Gasteiger partial charge in [0.2, 0.25) is 11.8 Å². The molecular formula is C20H21ClFN5O. The van der Waals surface area contributed by atoms with Crippen LogP contribution in [0.3, 0.4) is 0 Å². The normalized spacial score (nSPS) is 19.2. The summed E-state index contributed by atoms with van der Waals surface area (Å²) in [5, 5.41) is 9.13. The number of benzene rings is 1. The third-order valence-electron chi connectivity index (χ3n) is 5.33. The predicted molar refractivity (Wildman–Crippen MR) is 106 cm³/mol. The molecular weight excluding hydrogens is 381 g/mol. The first-order chi connectivity index (χ1) is 13.4. The monoisotopic (exact) mass is 401 g/mol. The number of rotatable bonds is 4. The van der Waals surface area contributed by atoms with Gasteiger partial charge in [0.05, 0.1) is 19.0 Å². The van der Waals surface area contributed by atoms with Crippen molar-refractivity contribution in [2.75, 3.05) is 25.1 Å². The van der Waals surface area contributed by atoms with E-state index in [2.05, 4.69) is 27.0 Å². The second kappa shape index (κ2) is 7.05. The van der Waals surface area contributed by atoms with Crippen molar-refractivity contribution in [1.82, 2.24) is 19.7 Å². The van der Waals surface area contributed by atoms with Gasteiger partial charge < -0.3 is 9.64 Å². The number of hydrogen-bond acceptors (Lipinski definition) is 5. The van der Waals surface area contributed by atoms with Crippen molar-refractivity contribution in [1.29, 1.82) is 0 Å². The highest BCUT2D eigenvalue weighted by Crippen LogP contribution is 2.40. The van der Waals surface area contributed by atoms with Crippen LogP contribution in [-0.2, 0) is 5.41 Å². The summed E-state index contributed by atoms with van der Waals surface area (Å²) in [6.07, 6.45) is 2.62. The van der Waals surface area contributed by atoms with Crippen LogP contribution in [0.5, 0.6) is 5.88 Å². The number of ether oxygens (including phenoxy) is 1. The minimum Gasteiger partial charge on any atom is -0.481 e. The van der Waals surface area contributed by atoms with Crippen molar-refractivity contribution in [2.45, 2.75) is 25.7 Å². The molecule has 1 fully saturated rings. The van der Waals surface area contributed by atoms with Crippen LogP contribution in [0.15, 0.2) is 36.5 Å². The van der Waals surface area contributed by atoms with E-state index in [1.165, 1.54) is 12.1 Å². The molecule has 1 aliphatic rings. The summed E-state index contributed by atoms with van der Waals surface area (Å²) in [6.45, 7) is 5.56. The van der Waals surface area contributed by atoms with E-state index in [0.29, 0.717) is 17.4 Å². The molecule has 0 N–H and O–H groups in total. The van der Waals surface area contributed by atoms with E-state index in [9.17, 15) is 4.39 Å². The average molecular weight is 402 g/mol. The summed E-state index contributed by atoms with van der Waals surface area (Å²) < 4.78 is 20.6. The quantitative estimate of drug-likeness (QED) is 0.662. The highest BCUT2D eigenvalue weighted by Gasteiger charge is 2.38. The van der Waals surface area contributed by atoms with Gasteiger partial charge in [-0.05, 0) is 37.1 Å². The molecule has 3 aromatic rings. The summed E-state index contributed by atoms with van der Waals surface area (Å²) in [4.78, 5) is 6.47. The number of pyridine rings is 1. The fourth-order valence-electron chi connectivity index (χ4n) is 3.81. The van der Waals surface area contributed by atoms with Crippen molar-refractivity contribution in [3.63, 3.8) is 0 Å². The number of anilines is 1. The Labute approximate surface area is 167 Å². The lowest BCUT2D eigenvalue weighted by Crippen LogP contribution is -2.30. The highest BCUT2D eigenvalue weighted by atomic mass is 35.5. The van der Waals surface area contributed by atoms with Gasteiger partial charge in [-0.3, -0.25) is 4.57 Å². The molecule has 1 saturated heterocycles. The van der Waals surface area contributed by atoms with Gasteiger partial charge in [0.1, 0.15) is 11.6 Å². The van der Waals surface area contributed by atoms with Gasteiger partial charge in [0, 0.05) is 29.6 Å². The van der Waals surface area contributed by atoms with E-state index in [1.807, 2.05) is 23.6 Å². The number of aromatic nitrogens is 4. The summed E-state index contributed by atoms with van der Waals surface area (Å²) in [5.41, 5.74) is 1.62. The van der Waals surface area contributed by atoms with E-state index < -0.39 is 0 Å². The van der Waals surface area contributed by atoms with E-state index in [-0.39, 0.29) is 11.2 Å². The molecule has 0 spiro atoms. The Morgan fingerprint density at radius 2 is 2.04 bits per heavy atom. The molecule has 6 nitrogen and oxygen atoms in total. The Morgan fingerprint density at radius 3 is 2.71 bits per heavy atom. The van der Waals surface area contributed by atoms with Crippen LogP contribution in [0.1, 0.15) is 24.7 Å². The molecule has 3 heterocycles. The predicted octanol–water partition coefficient (Wildman–Crippen LogP) is 3.94. The second-order valence-electron chi connectivity index (χ2n) is 7.30. The van der Waals surface area contributed by atoms with Crippen LogP contribution in [0, 0.1) is 12.7 Å². The zero-order valence-corrected chi connectivity index (χ0v) is 16.7. The maximum absolute atomic E-state index is 13.5. The molecule has 2 aromatic heterocycles. The van der Waals surface area contributed by atoms with Crippen LogP contribution < -0.4 is 9.64 Å². The second-order valence-corrected chi connectivity index (χ2v) is 7.70. The summed E-state index contributed by atoms with van der Waals surface area (Å²) in [5.74, 6) is 1.76. The lowest BCUT2D eigenvalue weighted by Gasteiger charge is -2.26. The molecule has 0 aliphatic carbocycles. The van der Waals surface area contributed by atoms with Crippen LogP contribution in [0.4, 0.5) is 10.3 Å². The summed E-state index contributed by atoms with van der Waals surface area (Å²) in [7, 11) is 1.59. The minimum atomic E-state index is -0.324. The van der Waals surface area contributed by atoms with E-state index in [1.54, 1.807) is 19.4 Å². The number of methoxy groups -OCH3 is 1. The van der Waals surface area contributed by atoms with Gasteiger partial charge in [-0.2, -0.15) is 0 Å². The van der Waals surface area contributed by atoms with Gasteiger partial charge in [-0.1, -0.05) is 24.6 Å². The van der Waals surface area contributed by atoms with Crippen molar-refractivity contribution in [3.8, 4) is 11.6 Å². The third kappa shape index (κ3) is 3.20.